The summed E-state index contributed by atoms with van der Waals surface area (Å²) in [5, 5.41) is 9.92. The lowest BCUT2D eigenvalue weighted by Gasteiger charge is -2.38. The van der Waals surface area contributed by atoms with Crippen LogP contribution < -0.4 is 4.74 Å². The van der Waals surface area contributed by atoms with Crippen LogP contribution in [0.15, 0.2) is 24.3 Å². The van der Waals surface area contributed by atoms with Gasteiger partial charge in [0, 0.05) is 17.5 Å². The van der Waals surface area contributed by atoms with Crippen molar-refractivity contribution in [2.45, 2.75) is 53.6 Å². The quantitative estimate of drug-likeness (QED) is 0.753. The Morgan fingerprint density at radius 1 is 0.870 bits per heavy atom. The van der Waals surface area contributed by atoms with Crippen LogP contribution in [0.3, 0.4) is 0 Å². The highest BCUT2D eigenvalue weighted by Crippen LogP contribution is 2.48. The number of phenolic OH excluding ortho intramolecular Hbond substituents is 1. The first-order chi connectivity index (χ1) is 10.8. The van der Waals surface area contributed by atoms with Crippen molar-refractivity contribution < 1.29 is 9.84 Å². The number of benzene rings is 2. The monoisotopic (exact) mass is 310 g/mol. The third-order valence-electron chi connectivity index (χ3n) is 5.59. The molecule has 1 N–H and O–H groups in total. The van der Waals surface area contributed by atoms with E-state index in [-0.39, 0.29) is 11.9 Å². The maximum atomic E-state index is 9.92. The fourth-order valence-electron chi connectivity index (χ4n) is 3.80. The number of hydrogen-bond donors (Lipinski definition) is 1. The highest BCUT2D eigenvalue weighted by Gasteiger charge is 2.35. The van der Waals surface area contributed by atoms with E-state index in [4.69, 9.17) is 4.74 Å². The van der Waals surface area contributed by atoms with Crippen LogP contribution in [0.4, 0.5) is 0 Å². The van der Waals surface area contributed by atoms with Crippen LogP contribution >= 0.6 is 0 Å². The van der Waals surface area contributed by atoms with E-state index < -0.39 is 0 Å². The molecule has 0 bridgehead atoms. The summed E-state index contributed by atoms with van der Waals surface area (Å²) in [7, 11) is 0. The second kappa shape index (κ2) is 5.59. The SMILES string of the molecule is Cc1cc(C2Oc3cc(O)cc(C)c3C(C)C2C)cc(C)c1C. The van der Waals surface area contributed by atoms with E-state index in [1.807, 2.05) is 13.0 Å². The van der Waals surface area contributed by atoms with Gasteiger partial charge in [-0.3, -0.25) is 0 Å². The average Bonchev–Trinajstić information content (AvgIpc) is 2.47. The predicted octanol–water partition coefficient (Wildman–Crippen LogP) is 5.50. The second-order valence-electron chi connectivity index (χ2n) is 7.14. The topological polar surface area (TPSA) is 29.5 Å². The third kappa shape index (κ3) is 2.60. The Morgan fingerprint density at radius 2 is 1.48 bits per heavy atom. The smallest absolute Gasteiger partial charge is 0.127 e. The van der Waals surface area contributed by atoms with E-state index in [1.54, 1.807) is 6.07 Å². The van der Waals surface area contributed by atoms with Crippen molar-refractivity contribution in [3.63, 3.8) is 0 Å². The van der Waals surface area contributed by atoms with Crippen molar-refractivity contribution in [3.8, 4) is 11.5 Å². The molecule has 0 aromatic heterocycles. The van der Waals surface area contributed by atoms with Crippen LogP contribution in [0, 0.1) is 33.6 Å². The molecular weight excluding hydrogens is 284 g/mol. The molecule has 1 aliphatic heterocycles. The van der Waals surface area contributed by atoms with E-state index in [0.29, 0.717) is 11.8 Å². The van der Waals surface area contributed by atoms with Gasteiger partial charge in [0.1, 0.15) is 17.6 Å². The zero-order valence-corrected chi connectivity index (χ0v) is 14.9. The van der Waals surface area contributed by atoms with E-state index in [0.717, 1.165) is 11.3 Å². The summed E-state index contributed by atoms with van der Waals surface area (Å²) in [6, 6.07) is 8.07. The first-order valence-corrected chi connectivity index (χ1v) is 8.37. The highest BCUT2D eigenvalue weighted by atomic mass is 16.5. The van der Waals surface area contributed by atoms with Crippen LogP contribution in [-0.4, -0.2) is 5.11 Å². The molecule has 0 amide bonds. The van der Waals surface area contributed by atoms with Gasteiger partial charge in [0.05, 0.1) is 0 Å². The lowest BCUT2D eigenvalue weighted by molar-refractivity contribution is 0.105. The zero-order chi connectivity index (χ0) is 16.9. The molecule has 2 aromatic carbocycles. The molecule has 1 heterocycles. The van der Waals surface area contributed by atoms with Gasteiger partial charge in [0.2, 0.25) is 0 Å². The molecule has 0 aliphatic carbocycles. The molecular formula is C21H26O2. The minimum atomic E-state index is 0.0247. The van der Waals surface area contributed by atoms with E-state index >= 15 is 0 Å². The van der Waals surface area contributed by atoms with Gasteiger partial charge in [-0.25, -0.2) is 0 Å². The molecule has 3 rings (SSSR count). The van der Waals surface area contributed by atoms with Gasteiger partial charge in [-0.15, -0.1) is 0 Å². The summed E-state index contributed by atoms with van der Waals surface area (Å²) >= 11 is 0. The van der Waals surface area contributed by atoms with E-state index in [2.05, 4.69) is 46.8 Å². The fraction of sp³-hybridized carbons (Fsp3) is 0.429. The van der Waals surface area contributed by atoms with Crippen LogP contribution in [0.2, 0.25) is 0 Å². The predicted molar refractivity (Wildman–Crippen MR) is 94.4 cm³/mol. The molecule has 2 nitrogen and oxygen atoms in total. The number of rotatable bonds is 1. The Labute approximate surface area is 139 Å². The molecule has 2 aromatic rings. The standard InChI is InChI=1S/C21H26O2/c1-11-7-17(8-12(2)14(11)4)21-16(6)15(5)20-13(3)9-18(22)10-19(20)23-21/h7-10,15-16,21-22H,1-6H3. The van der Waals surface area contributed by atoms with Gasteiger partial charge in [0.15, 0.2) is 0 Å². The molecule has 122 valence electrons. The Balaban J connectivity index is 2.09. The number of hydrogen-bond acceptors (Lipinski definition) is 2. The fourth-order valence-corrected chi connectivity index (χ4v) is 3.80. The summed E-state index contributed by atoms with van der Waals surface area (Å²) < 4.78 is 6.35. The number of aryl methyl sites for hydroxylation is 3. The highest BCUT2D eigenvalue weighted by molar-refractivity contribution is 5.50. The molecule has 23 heavy (non-hydrogen) atoms. The van der Waals surface area contributed by atoms with Crippen LogP contribution in [0.5, 0.6) is 11.5 Å². The van der Waals surface area contributed by atoms with Crippen molar-refractivity contribution in [3.05, 3.63) is 57.6 Å². The lowest BCUT2D eigenvalue weighted by atomic mass is 9.78. The molecule has 0 fully saturated rings. The van der Waals surface area contributed by atoms with Gasteiger partial charge in [-0.05, 0) is 67.5 Å². The Bertz CT molecular complexity index is 738. The first kappa shape index (κ1) is 15.9. The van der Waals surface area contributed by atoms with Crippen molar-refractivity contribution in [2.75, 3.05) is 0 Å². The van der Waals surface area contributed by atoms with Crippen LogP contribution in [0.1, 0.15) is 59.3 Å². The summed E-state index contributed by atoms with van der Waals surface area (Å²) in [4.78, 5) is 0. The molecule has 2 heteroatoms. The normalized spacial score (nSPS) is 23.3. The van der Waals surface area contributed by atoms with Gasteiger partial charge in [-0.1, -0.05) is 26.0 Å². The molecule has 0 saturated carbocycles. The summed E-state index contributed by atoms with van der Waals surface area (Å²) in [5.74, 6) is 1.88. The van der Waals surface area contributed by atoms with E-state index in [1.165, 1.54) is 27.8 Å². The molecule has 0 radical (unpaired) electrons. The largest absolute Gasteiger partial charge is 0.508 e. The molecule has 3 unspecified atom stereocenters. The average molecular weight is 310 g/mol. The minimum Gasteiger partial charge on any atom is -0.508 e. The van der Waals surface area contributed by atoms with Crippen LogP contribution in [0.25, 0.3) is 0 Å². The zero-order valence-electron chi connectivity index (χ0n) is 14.9. The van der Waals surface area contributed by atoms with Crippen LogP contribution in [-0.2, 0) is 0 Å². The Hall–Kier alpha value is -1.96. The van der Waals surface area contributed by atoms with Crippen molar-refractivity contribution in [1.29, 1.82) is 0 Å². The Kier molecular flexibility index (Phi) is 3.87. The Morgan fingerprint density at radius 3 is 2.09 bits per heavy atom. The summed E-state index contributed by atoms with van der Waals surface area (Å²) in [6.07, 6.45) is 0.0247. The summed E-state index contributed by atoms with van der Waals surface area (Å²) in [5.41, 5.74) is 7.53. The van der Waals surface area contributed by atoms with Crippen molar-refractivity contribution in [1.82, 2.24) is 0 Å². The molecule has 0 spiro atoms. The minimum absolute atomic E-state index is 0.0247. The van der Waals surface area contributed by atoms with Crippen molar-refractivity contribution >= 4 is 0 Å². The third-order valence-corrected chi connectivity index (χ3v) is 5.59. The maximum absolute atomic E-state index is 9.92. The first-order valence-electron chi connectivity index (χ1n) is 8.37. The van der Waals surface area contributed by atoms with Gasteiger partial charge >= 0.3 is 0 Å². The van der Waals surface area contributed by atoms with Gasteiger partial charge in [-0.2, -0.15) is 0 Å². The molecule has 1 aliphatic rings. The summed E-state index contributed by atoms with van der Waals surface area (Å²) in [6.45, 7) is 13.1. The van der Waals surface area contributed by atoms with Gasteiger partial charge in [0.25, 0.3) is 0 Å². The molecule has 3 atom stereocenters. The number of aromatic hydroxyl groups is 1. The lowest BCUT2D eigenvalue weighted by Crippen LogP contribution is -2.27. The number of phenols is 1. The second-order valence-corrected chi connectivity index (χ2v) is 7.14. The maximum Gasteiger partial charge on any atom is 0.127 e. The number of fused-ring (bicyclic) bond motifs is 1. The molecule has 0 saturated heterocycles. The van der Waals surface area contributed by atoms with Gasteiger partial charge < -0.3 is 9.84 Å². The number of ether oxygens (including phenoxy) is 1. The van der Waals surface area contributed by atoms with Crippen molar-refractivity contribution in [2.24, 2.45) is 5.92 Å². The van der Waals surface area contributed by atoms with E-state index in [9.17, 15) is 5.11 Å².